The number of benzene rings is 1. The number of carbonyl (C=O) groups excluding carboxylic acids is 2. The first kappa shape index (κ1) is 17.4. The summed E-state index contributed by atoms with van der Waals surface area (Å²) in [4.78, 5) is 26.5. The maximum atomic E-state index is 12.9. The van der Waals surface area contributed by atoms with Crippen molar-refractivity contribution < 1.29 is 9.59 Å². The van der Waals surface area contributed by atoms with Gasteiger partial charge in [0.15, 0.2) is 5.11 Å². The molecule has 1 N–H and O–H groups in total. The number of amides is 2. The molecular weight excluding hydrogens is 358 g/mol. The fourth-order valence-electron chi connectivity index (χ4n) is 2.67. The van der Waals surface area contributed by atoms with Crippen molar-refractivity contribution in [1.82, 2.24) is 9.88 Å². The first-order valence-corrected chi connectivity index (χ1v) is 8.38. The fourth-order valence-corrected chi connectivity index (χ4v) is 3.08. The van der Waals surface area contributed by atoms with Gasteiger partial charge in [-0.25, -0.2) is 0 Å². The number of aromatic nitrogens is 1. The first-order chi connectivity index (χ1) is 11.8. The monoisotopic (exact) mass is 373 g/mol. The first-order valence-electron chi connectivity index (χ1n) is 7.59. The quantitative estimate of drug-likeness (QED) is 0.500. The van der Waals surface area contributed by atoms with Crippen LogP contribution in [0.5, 0.6) is 0 Å². The summed E-state index contributed by atoms with van der Waals surface area (Å²) in [5.41, 5.74) is 3.42. The molecule has 25 heavy (non-hydrogen) atoms. The molecule has 2 aromatic rings. The van der Waals surface area contributed by atoms with Crippen molar-refractivity contribution in [3.63, 3.8) is 0 Å². The van der Waals surface area contributed by atoms with E-state index in [1.807, 2.05) is 31.5 Å². The SMILES string of the molecule is Cc1cc(/C=C2\C(=O)NC(=S)N(c3ccc(Cl)cc3)C2=O)c(C)n1C. The molecule has 5 nitrogen and oxygen atoms in total. The molecule has 0 atom stereocenters. The molecular formula is C18H16ClN3O2S. The van der Waals surface area contributed by atoms with Gasteiger partial charge in [0.25, 0.3) is 11.8 Å². The van der Waals surface area contributed by atoms with E-state index in [0.29, 0.717) is 10.7 Å². The molecule has 0 spiro atoms. The molecule has 2 amide bonds. The van der Waals surface area contributed by atoms with Gasteiger partial charge in [-0.2, -0.15) is 0 Å². The summed E-state index contributed by atoms with van der Waals surface area (Å²) >= 11 is 11.1. The van der Waals surface area contributed by atoms with Gasteiger partial charge in [-0.15, -0.1) is 0 Å². The molecule has 128 valence electrons. The maximum absolute atomic E-state index is 12.9. The summed E-state index contributed by atoms with van der Waals surface area (Å²) in [7, 11) is 1.94. The van der Waals surface area contributed by atoms with Crippen LogP contribution < -0.4 is 10.2 Å². The lowest BCUT2D eigenvalue weighted by Crippen LogP contribution is -2.54. The number of rotatable bonds is 2. The van der Waals surface area contributed by atoms with Gasteiger partial charge in [0.2, 0.25) is 0 Å². The number of anilines is 1. The average Bonchev–Trinajstić information content (AvgIpc) is 2.80. The van der Waals surface area contributed by atoms with Crippen LogP contribution in [0.25, 0.3) is 6.08 Å². The number of nitrogens with zero attached hydrogens (tertiary/aromatic N) is 2. The number of halogens is 1. The van der Waals surface area contributed by atoms with E-state index < -0.39 is 11.8 Å². The lowest BCUT2D eigenvalue weighted by molar-refractivity contribution is -0.122. The van der Waals surface area contributed by atoms with E-state index in [9.17, 15) is 9.59 Å². The zero-order valence-electron chi connectivity index (χ0n) is 14.0. The number of nitrogens with one attached hydrogen (secondary N) is 1. The number of carbonyl (C=O) groups is 2. The van der Waals surface area contributed by atoms with Gasteiger partial charge in [-0.05, 0) is 68.0 Å². The van der Waals surface area contributed by atoms with Gasteiger partial charge in [0.05, 0.1) is 5.69 Å². The molecule has 0 bridgehead atoms. The van der Waals surface area contributed by atoms with Gasteiger partial charge in [0, 0.05) is 23.5 Å². The normalized spacial score (nSPS) is 16.6. The summed E-state index contributed by atoms with van der Waals surface area (Å²) in [6.07, 6.45) is 1.60. The molecule has 0 aliphatic carbocycles. The van der Waals surface area contributed by atoms with Crippen molar-refractivity contribution in [1.29, 1.82) is 0 Å². The molecule has 0 radical (unpaired) electrons. The van der Waals surface area contributed by atoms with Crippen LogP contribution in [-0.2, 0) is 16.6 Å². The Hall–Kier alpha value is -2.44. The Morgan fingerprint density at radius 2 is 1.80 bits per heavy atom. The van der Waals surface area contributed by atoms with Crippen LogP contribution in [-0.4, -0.2) is 21.5 Å². The Bertz CT molecular complexity index is 929. The van der Waals surface area contributed by atoms with Crippen LogP contribution in [0, 0.1) is 13.8 Å². The van der Waals surface area contributed by atoms with E-state index in [1.54, 1.807) is 30.3 Å². The number of aryl methyl sites for hydroxylation is 1. The van der Waals surface area contributed by atoms with Crippen LogP contribution >= 0.6 is 23.8 Å². The highest BCUT2D eigenvalue weighted by Gasteiger charge is 2.34. The molecule has 1 aromatic heterocycles. The van der Waals surface area contributed by atoms with Gasteiger partial charge in [0.1, 0.15) is 5.57 Å². The van der Waals surface area contributed by atoms with Crippen molar-refractivity contribution in [3.8, 4) is 0 Å². The molecule has 0 saturated carbocycles. The minimum atomic E-state index is -0.499. The number of thiocarbonyl (C=S) groups is 1. The van der Waals surface area contributed by atoms with E-state index in [-0.39, 0.29) is 10.7 Å². The van der Waals surface area contributed by atoms with Gasteiger partial charge < -0.3 is 4.57 Å². The van der Waals surface area contributed by atoms with Gasteiger partial charge >= 0.3 is 0 Å². The summed E-state index contributed by atoms with van der Waals surface area (Å²) in [6.45, 7) is 3.90. The van der Waals surface area contributed by atoms with Crippen molar-refractivity contribution in [2.45, 2.75) is 13.8 Å². The fraction of sp³-hybridized carbons (Fsp3) is 0.167. The van der Waals surface area contributed by atoms with Gasteiger partial charge in [-0.3, -0.25) is 19.8 Å². The molecule has 2 heterocycles. The van der Waals surface area contributed by atoms with E-state index in [1.165, 1.54) is 4.90 Å². The second-order valence-corrected chi connectivity index (χ2v) is 6.64. The van der Waals surface area contributed by atoms with Crippen molar-refractivity contribution in [2.75, 3.05) is 4.90 Å². The molecule has 1 aliphatic rings. The van der Waals surface area contributed by atoms with Crippen LogP contribution in [0.15, 0.2) is 35.9 Å². The molecule has 1 aliphatic heterocycles. The lowest BCUT2D eigenvalue weighted by atomic mass is 10.1. The van der Waals surface area contributed by atoms with E-state index in [4.69, 9.17) is 23.8 Å². The topological polar surface area (TPSA) is 54.3 Å². The Morgan fingerprint density at radius 1 is 1.16 bits per heavy atom. The zero-order chi connectivity index (χ0) is 18.3. The van der Waals surface area contributed by atoms with Crippen molar-refractivity contribution >= 4 is 52.5 Å². The van der Waals surface area contributed by atoms with Crippen LogP contribution in [0.4, 0.5) is 5.69 Å². The van der Waals surface area contributed by atoms with Crippen LogP contribution in [0.3, 0.4) is 0 Å². The second kappa shape index (κ2) is 6.46. The Kier molecular flexibility index (Phi) is 4.49. The van der Waals surface area contributed by atoms with E-state index in [0.717, 1.165) is 17.0 Å². The highest BCUT2D eigenvalue weighted by molar-refractivity contribution is 7.80. The summed E-state index contributed by atoms with van der Waals surface area (Å²) in [5, 5.41) is 3.18. The maximum Gasteiger partial charge on any atom is 0.270 e. The molecule has 7 heteroatoms. The lowest BCUT2D eigenvalue weighted by Gasteiger charge is -2.28. The highest BCUT2D eigenvalue weighted by atomic mass is 35.5. The molecule has 1 aromatic carbocycles. The average molecular weight is 374 g/mol. The Balaban J connectivity index is 2.05. The predicted octanol–water partition coefficient (Wildman–Crippen LogP) is 3.13. The van der Waals surface area contributed by atoms with Crippen LogP contribution in [0.2, 0.25) is 5.02 Å². The minimum Gasteiger partial charge on any atom is -0.352 e. The molecule has 1 fully saturated rings. The molecule has 0 unspecified atom stereocenters. The molecule has 1 saturated heterocycles. The standard InChI is InChI=1S/C18H16ClN3O2S/c1-10-8-12(11(2)21(10)3)9-15-16(23)20-18(25)22(17(15)24)14-6-4-13(19)5-7-14/h4-9H,1-3H3,(H,20,23,25)/b15-9+. The van der Waals surface area contributed by atoms with Crippen LogP contribution in [0.1, 0.15) is 17.0 Å². The molecule has 3 rings (SSSR count). The summed E-state index contributed by atoms with van der Waals surface area (Å²) in [5.74, 6) is -0.960. The van der Waals surface area contributed by atoms with E-state index >= 15 is 0 Å². The summed E-state index contributed by atoms with van der Waals surface area (Å²) in [6, 6.07) is 8.62. The van der Waals surface area contributed by atoms with Gasteiger partial charge in [-0.1, -0.05) is 11.6 Å². The third-order valence-corrected chi connectivity index (χ3v) is 4.84. The smallest absolute Gasteiger partial charge is 0.270 e. The third kappa shape index (κ3) is 3.10. The minimum absolute atomic E-state index is 0.0391. The predicted molar refractivity (Wildman–Crippen MR) is 103 cm³/mol. The Morgan fingerprint density at radius 3 is 2.36 bits per heavy atom. The van der Waals surface area contributed by atoms with Crippen molar-refractivity contribution in [3.05, 3.63) is 57.9 Å². The third-order valence-electron chi connectivity index (χ3n) is 4.30. The van der Waals surface area contributed by atoms with Crippen molar-refractivity contribution in [2.24, 2.45) is 7.05 Å². The Labute approximate surface area is 155 Å². The largest absolute Gasteiger partial charge is 0.352 e. The highest BCUT2D eigenvalue weighted by Crippen LogP contribution is 2.24. The summed E-state index contributed by atoms with van der Waals surface area (Å²) < 4.78 is 2.00. The zero-order valence-corrected chi connectivity index (χ0v) is 15.5. The number of hydrogen-bond acceptors (Lipinski definition) is 3. The number of hydrogen-bond donors (Lipinski definition) is 1. The van der Waals surface area contributed by atoms with E-state index in [2.05, 4.69) is 5.32 Å². The second-order valence-electron chi connectivity index (χ2n) is 5.82.